The second-order valence-corrected chi connectivity index (χ2v) is 14.2. The molecule has 3 aromatic carbocycles. The number of carbonyl (C=O) groups excluding carboxylic acids is 1. The molecular formula is C30H30F2O5S2. The van der Waals surface area contributed by atoms with Crippen molar-refractivity contribution in [1.82, 2.24) is 0 Å². The van der Waals surface area contributed by atoms with E-state index in [2.05, 4.69) is 91.0 Å². The fourth-order valence-electron chi connectivity index (χ4n) is 6.59. The number of hydrogen-bond donors (Lipinski definition) is 0. The summed E-state index contributed by atoms with van der Waals surface area (Å²) in [5, 5.41) is -5.00. The van der Waals surface area contributed by atoms with E-state index in [1.54, 1.807) is 0 Å². The van der Waals surface area contributed by atoms with E-state index in [4.69, 9.17) is 4.74 Å². The van der Waals surface area contributed by atoms with Crippen LogP contribution in [0, 0.1) is 17.8 Å². The Morgan fingerprint density at radius 2 is 1.08 bits per heavy atom. The summed E-state index contributed by atoms with van der Waals surface area (Å²) in [5.74, 6) is -1.15. The molecule has 0 heterocycles. The Labute approximate surface area is 230 Å². The van der Waals surface area contributed by atoms with Crippen LogP contribution < -0.4 is 0 Å². The smallest absolute Gasteiger partial charge is 0.428 e. The van der Waals surface area contributed by atoms with Crippen LogP contribution in [-0.2, 0) is 30.5 Å². The van der Waals surface area contributed by atoms with Gasteiger partial charge in [0.05, 0.1) is 10.9 Å². The third-order valence-corrected chi connectivity index (χ3v) is 10.8. The van der Waals surface area contributed by atoms with Crippen molar-refractivity contribution in [1.29, 1.82) is 0 Å². The van der Waals surface area contributed by atoms with Gasteiger partial charge < -0.3 is 9.29 Å². The van der Waals surface area contributed by atoms with Gasteiger partial charge in [-0.2, -0.15) is 8.78 Å². The quantitative estimate of drug-likeness (QED) is 0.193. The maximum absolute atomic E-state index is 13.2. The van der Waals surface area contributed by atoms with Gasteiger partial charge in [0.25, 0.3) is 0 Å². The Kier molecular flexibility index (Phi) is 7.86. The average molecular weight is 573 g/mol. The molecule has 0 unspecified atom stereocenters. The first-order valence-electron chi connectivity index (χ1n) is 13.0. The van der Waals surface area contributed by atoms with E-state index < -0.39 is 26.9 Å². The van der Waals surface area contributed by atoms with Crippen molar-refractivity contribution in [3.05, 3.63) is 91.0 Å². The first kappa shape index (κ1) is 27.8. The average Bonchev–Trinajstić information content (AvgIpc) is 2.89. The van der Waals surface area contributed by atoms with E-state index in [0.717, 1.165) is 19.3 Å². The third kappa shape index (κ3) is 6.05. The first-order valence-corrected chi connectivity index (χ1v) is 15.7. The zero-order valence-corrected chi connectivity index (χ0v) is 22.9. The number of hydrogen-bond acceptors (Lipinski definition) is 5. The van der Waals surface area contributed by atoms with Crippen LogP contribution in [0.1, 0.15) is 38.5 Å². The summed E-state index contributed by atoms with van der Waals surface area (Å²) in [6.07, 6.45) is 4.56. The van der Waals surface area contributed by atoms with Crippen LogP contribution in [0.4, 0.5) is 8.78 Å². The summed E-state index contributed by atoms with van der Waals surface area (Å²) in [6.45, 7) is 0. The Morgan fingerprint density at radius 1 is 0.744 bits per heavy atom. The maximum atomic E-state index is 13.2. The van der Waals surface area contributed by atoms with Gasteiger partial charge in [0.15, 0.2) is 24.8 Å². The third-order valence-electron chi connectivity index (χ3n) is 7.78. The van der Waals surface area contributed by atoms with E-state index in [1.165, 1.54) is 14.7 Å². The fraction of sp³-hybridized carbons (Fsp3) is 0.367. The van der Waals surface area contributed by atoms with Crippen LogP contribution >= 0.6 is 0 Å². The molecule has 0 atom stereocenters. The van der Waals surface area contributed by atoms with E-state index in [0.29, 0.717) is 37.0 Å². The number of esters is 1. The number of ether oxygens (including phenoxy) is 1. The van der Waals surface area contributed by atoms with Crippen LogP contribution in [-0.4, -0.2) is 29.8 Å². The van der Waals surface area contributed by atoms with Crippen molar-refractivity contribution in [3.8, 4) is 0 Å². The summed E-state index contributed by atoms with van der Waals surface area (Å²) in [7, 11) is -6.06. The summed E-state index contributed by atoms with van der Waals surface area (Å²) >= 11 is 0. The number of alkyl halides is 2. The zero-order chi connectivity index (χ0) is 27.7. The number of benzene rings is 3. The molecular weight excluding hydrogens is 542 g/mol. The Balaban J connectivity index is 0.000000158. The Morgan fingerprint density at radius 3 is 1.38 bits per heavy atom. The predicted molar refractivity (Wildman–Crippen MR) is 143 cm³/mol. The molecule has 0 radical (unpaired) electrons. The normalized spacial score (nSPS) is 25.6. The second kappa shape index (κ2) is 11.0. The van der Waals surface area contributed by atoms with Crippen molar-refractivity contribution in [3.63, 3.8) is 0 Å². The molecule has 0 N–H and O–H groups in total. The molecule has 0 saturated heterocycles. The van der Waals surface area contributed by atoms with Crippen molar-refractivity contribution < 1.29 is 31.3 Å². The minimum absolute atomic E-state index is 0.0146. The Hall–Kier alpha value is -2.75. The molecule has 39 heavy (non-hydrogen) atoms. The van der Waals surface area contributed by atoms with Gasteiger partial charge in [-0.25, -0.2) is 13.2 Å². The highest BCUT2D eigenvalue weighted by molar-refractivity contribution is 7.97. The van der Waals surface area contributed by atoms with Crippen molar-refractivity contribution in [2.45, 2.75) is 64.1 Å². The summed E-state index contributed by atoms with van der Waals surface area (Å²) in [5.41, 5.74) is -0.986. The maximum Gasteiger partial charge on any atom is 0.428 e. The molecule has 5 nitrogen and oxygen atoms in total. The fourth-order valence-corrected chi connectivity index (χ4v) is 8.94. The number of rotatable bonds is 6. The van der Waals surface area contributed by atoms with E-state index in [-0.39, 0.29) is 10.9 Å². The van der Waals surface area contributed by atoms with Gasteiger partial charge in [-0.3, -0.25) is 0 Å². The van der Waals surface area contributed by atoms with Gasteiger partial charge in [-0.1, -0.05) is 54.6 Å². The van der Waals surface area contributed by atoms with Crippen molar-refractivity contribution >= 4 is 27.0 Å². The van der Waals surface area contributed by atoms with Crippen LogP contribution in [0.5, 0.6) is 0 Å². The molecule has 4 saturated carbocycles. The van der Waals surface area contributed by atoms with Crippen molar-refractivity contribution in [2.24, 2.45) is 17.8 Å². The zero-order valence-electron chi connectivity index (χ0n) is 21.2. The predicted octanol–water partition coefficient (Wildman–Crippen LogP) is 6.42. The molecule has 206 valence electrons. The van der Waals surface area contributed by atoms with Crippen LogP contribution in [0.25, 0.3) is 0 Å². The van der Waals surface area contributed by atoms with Crippen LogP contribution in [0.2, 0.25) is 0 Å². The summed E-state index contributed by atoms with van der Waals surface area (Å²) in [4.78, 5) is 15.5. The Bertz CT molecular complexity index is 1250. The molecule has 0 amide bonds. The standard InChI is InChI=1S/C18H15S.C12H16F2O5S/c1-4-10-16(11-5-1)19(17-12-6-2-7-13-17)18-14-8-3-9-15-18;13-12(14,20(16,17)18)10(15)19-11-4-7-1-8(5-11)3-9(2-7)6-11/h1-15H;7-9H,1-6H2,(H,16,17,18)/q+1;/p-1. The molecule has 3 aromatic rings. The minimum atomic E-state index is -6.04. The molecule has 9 heteroatoms. The minimum Gasteiger partial charge on any atom is -0.743 e. The van der Waals surface area contributed by atoms with E-state index in [9.17, 15) is 26.5 Å². The second-order valence-electron chi connectivity index (χ2n) is 10.7. The highest BCUT2D eigenvalue weighted by Gasteiger charge is 2.57. The van der Waals surface area contributed by atoms with Gasteiger partial charge in [0, 0.05) is 0 Å². The molecule has 4 aliphatic carbocycles. The van der Waals surface area contributed by atoms with Gasteiger partial charge >= 0.3 is 11.2 Å². The van der Waals surface area contributed by atoms with Gasteiger partial charge in [-0.05, 0) is 92.7 Å². The highest BCUT2D eigenvalue weighted by Crippen LogP contribution is 2.57. The molecule has 4 bridgehead atoms. The van der Waals surface area contributed by atoms with Gasteiger partial charge in [0.2, 0.25) is 0 Å². The monoisotopic (exact) mass is 572 g/mol. The van der Waals surface area contributed by atoms with Crippen molar-refractivity contribution in [2.75, 3.05) is 0 Å². The van der Waals surface area contributed by atoms with Crippen LogP contribution in [0.15, 0.2) is 106 Å². The first-order chi connectivity index (χ1) is 18.6. The lowest BCUT2D eigenvalue weighted by atomic mass is 9.54. The summed E-state index contributed by atoms with van der Waals surface area (Å²) in [6, 6.07) is 32.2. The lowest BCUT2D eigenvalue weighted by molar-refractivity contribution is -0.201. The van der Waals surface area contributed by atoms with E-state index in [1.807, 2.05) is 0 Å². The van der Waals surface area contributed by atoms with E-state index >= 15 is 0 Å². The largest absolute Gasteiger partial charge is 0.743 e. The lowest BCUT2D eigenvalue weighted by Gasteiger charge is -2.55. The number of carbonyl (C=O) groups is 1. The molecule has 7 rings (SSSR count). The molecule has 0 aromatic heterocycles. The SMILES string of the molecule is O=C(OC12CC3CC(CC(C3)C1)C2)C(F)(F)S(=O)(=O)[O-].c1ccc([S+](c2ccccc2)c2ccccc2)cc1. The molecule has 0 aliphatic heterocycles. The van der Waals surface area contributed by atoms with Crippen LogP contribution in [0.3, 0.4) is 0 Å². The van der Waals surface area contributed by atoms with Gasteiger partial charge in [-0.15, -0.1) is 0 Å². The van der Waals surface area contributed by atoms with Gasteiger partial charge in [0.1, 0.15) is 5.60 Å². The lowest BCUT2D eigenvalue weighted by Crippen LogP contribution is -2.55. The molecule has 4 aliphatic rings. The molecule has 4 fully saturated rings. The highest BCUT2D eigenvalue weighted by atomic mass is 32.2. The number of halogens is 2. The topological polar surface area (TPSA) is 83.5 Å². The summed E-state index contributed by atoms with van der Waals surface area (Å²) < 4.78 is 62.8. The molecule has 0 spiro atoms.